The van der Waals surface area contributed by atoms with Crippen LogP contribution in [0.25, 0.3) is 44.5 Å². The van der Waals surface area contributed by atoms with Gasteiger partial charge in [0.1, 0.15) is 11.4 Å². The Morgan fingerprint density at radius 1 is 0.864 bits per heavy atom. The standard InChI is InChI=1S/C20H15FNO.C18H24GeN.Ir/c1-12(2)16-10-18(22-11-17(16)21)15-8-5-7-14-13-6-3-4-9-19(13)23-20(14)15;1-14(2)11-16-12-18(15-9-7-6-8-10-15)20-13-17(16)19(3,4)5;/h3-7,9-12H,1-2H3;6-9,12-14H,11H2,1-5H3;/q2*-1;/i12D;;. The minimum absolute atomic E-state index is 0. The van der Waals surface area contributed by atoms with Gasteiger partial charge in [-0.1, -0.05) is 49.1 Å². The number of halogens is 1. The summed E-state index contributed by atoms with van der Waals surface area (Å²) in [6.45, 7) is 7.88. The predicted octanol–water partition coefficient (Wildman–Crippen LogP) is 10.0. The molecule has 0 N–H and O–H groups in total. The van der Waals surface area contributed by atoms with Gasteiger partial charge < -0.3 is 9.40 Å². The van der Waals surface area contributed by atoms with Crippen LogP contribution in [0.1, 0.15) is 46.1 Å². The number of rotatable bonds is 6. The van der Waals surface area contributed by atoms with E-state index in [2.05, 4.69) is 66.6 Å². The molecule has 0 saturated heterocycles. The molecule has 0 saturated carbocycles. The van der Waals surface area contributed by atoms with Crippen LogP contribution < -0.4 is 4.40 Å². The van der Waals surface area contributed by atoms with Crippen LogP contribution in [0, 0.1) is 23.9 Å². The van der Waals surface area contributed by atoms with Crippen molar-refractivity contribution >= 4 is 39.6 Å². The van der Waals surface area contributed by atoms with Gasteiger partial charge >= 0.3 is 126 Å². The van der Waals surface area contributed by atoms with Crippen molar-refractivity contribution in [2.45, 2.75) is 57.3 Å². The molecule has 3 heterocycles. The van der Waals surface area contributed by atoms with Crippen LogP contribution in [0.5, 0.6) is 0 Å². The number of fused-ring (bicyclic) bond motifs is 3. The van der Waals surface area contributed by atoms with Gasteiger partial charge in [0.15, 0.2) is 0 Å². The van der Waals surface area contributed by atoms with Crippen molar-refractivity contribution in [1.29, 1.82) is 0 Å². The monoisotopic (exact) mass is 826 g/mol. The van der Waals surface area contributed by atoms with Gasteiger partial charge in [-0.3, -0.25) is 0 Å². The van der Waals surface area contributed by atoms with Crippen molar-refractivity contribution in [3.05, 3.63) is 114 Å². The molecule has 0 aliphatic carbocycles. The summed E-state index contributed by atoms with van der Waals surface area (Å²) in [5.41, 5.74) is 6.62. The number of hydrogen-bond acceptors (Lipinski definition) is 3. The van der Waals surface area contributed by atoms with Crippen LogP contribution in [-0.4, -0.2) is 23.2 Å². The molecule has 44 heavy (non-hydrogen) atoms. The second kappa shape index (κ2) is 14.3. The molecule has 0 unspecified atom stereocenters. The van der Waals surface area contributed by atoms with Crippen LogP contribution in [0.2, 0.25) is 17.3 Å². The van der Waals surface area contributed by atoms with E-state index in [4.69, 9.17) is 10.8 Å². The molecule has 1 radical (unpaired) electrons. The van der Waals surface area contributed by atoms with Gasteiger partial charge in [-0.15, -0.1) is 18.2 Å². The second-order valence-electron chi connectivity index (χ2n) is 12.6. The summed E-state index contributed by atoms with van der Waals surface area (Å²) < 4.78 is 29.7. The second-order valence-corrected chi connectivity index (χ2v) is 23.2. The number of nitrogens with zero attached hydrogens (tertiary/aromatic N) is 2. The number of pyridine rings is 2. The minimum atomic E-state index is -1.86. The van der Waals surface area contributed by atoms with Gasteiger partial charge in [0.05, 0.1) is 11.8 Å². The Bertz CT molecular complexity index is 1910. The quantitative estimate of drug-likeness (QED) is 0.124. The maximum Gasteiger partial charge on any atom is 0.143 e. The molecule has 229 valence electrons. The van der Waals surface area contributed by atoms with Crippen LogP contribution in [0.3, 0.4) is 0 Å². The molecule has 0 fully saturated rings. The molecule has 3 aromatic carbocycles. The van der Waals surface area contributed by atoms with Gasteiger partial charge in [0.2, 0.25) is 0 Å². The zero-order valence-corrected chi connectivity index (χ0v) is 30.9. The first-order chi connectivity index (χ1) is 20.8. The summed E-state index contributed by atoms with van der Waals surface area (Å²) in [7, 11) is 0. The van der Waals surface area contributed by atoms with E-state index in [0.29, 0.717) is 28.3 Å². The van der Waals surface area contributed by atoms with E-state index in [-0.39, 0.29) is 20.1 Å². The number of aromatic nitrogens is 2. The van der Waals surface area contributed by atoms with E-state index in [1.54, 1.807) is 24.3 Å². The largest absolute Gasteiger partial charge is 0.501 e. The number of para-hydroxylation sites is 1. The normalized spacial score (nSPS) is 12.1. The molecule has 0 aliphatic heterocycles. The van der Waals surface area contributed by atoms with E-state index in [1.165, 1.54) is 5.56 Å². The molecule has 6 rings (SSSR count). The van der Waals surface area contributed by atoms with E-state index in [9.17, 15) is 4.39 Å². The molecule has 6 heteroatoms. The first-order valence-electron chi connectivity index (χ1n) is 15.3. The summed E-state index contributed by atoms with van der Waals surface area (Å²) in [4.78, 5) is 8.89. The Kier molecular flexibility index (Phi) is 10.5. The fourth-order valence-electron chi connectivity index (χ4n) is 5.32. The SMILES string of the molecule is CC(C)Cc1cc(-c2[c-]cccc2)nc[c]1[Ge]([CH3])([CH3])[CH3].[2H]C(C)(C)c1cc(-c2[c-]ccc3c2oc2ccccc23)ncc1F.[Ir]. The molecule has 0 aliphatic rings. The fourth-order valence-corrected chi connectivity index (χ4v) is 8.66. The molecule has 0 spiro atoms. The van der Waals surface area contributed by atoms with Crippen molar-refractivity contribution in [1.82, 2.24) is 9.97 Å². The van der Waals surface area contributed by atoms with Crippen LogP contribution in [0.15, 0.2) is 89.6 Å². The van der Waals surface area contributed by atoms with Crippen molar-refractivity contribution in [2.24, 2.45) is 5.92 Å². The minimum Gasteiger partial charge on any atom is -0.501 e. The van der Waals surface area contributed by atoms with Gasteiger partial charge in [-0.25, -0.2) is 4.39 Å². The maximum atomic E-state index is 14.0. The number of benzene rings is 3. The number of hydrogen-bond donors (Lipinski definition) is 0. The molecule has 0 atom stereocenters. The molecule has 0 amide bonds. The van der Waals surface area contributed by atoms with E-state index in [1.807, 2.05) is 54.6 Å². The first-order valence-corrected chi connectivity index (χ1v) is 22.1. The summed E-state index contributed by atoms with van der Waals surface area (Å²) in [5.74, 6) is 6.47. The third-order valence-corrected chi connectivity index (χ3v) is 11.7. The van der Waals surface area contributed by atoms with Crippen molar-refractivity contribution in [3.8, 4) is 22.5 Å². The summed E-state index contributed by atoms with van der Waals surface area (Å²) in [6.07, 6.45) is 4.43. The van der Waals surface area contributed by atoms with Gasteiger partial charge in [-0.2, -0.15) is 0 Å². The Balaban J connectivity index is 0.000000204. The van der Waals surface area contributed by atoms with E-state index in [0.717, 1.165) is 40.2 Å². The third-order valence-electron chi connectivity index (χ3n) is 7.40. The smallest absolute Gasteiger partial charge is 0.143 e. The zero-order valence-electron chi connectivity index (χ0n) is 27.4. The van der Waals surface area contributed by atoms with Crippen LogP contribution in [0.4, 0.5) is 4.39 Å². The van der Waals surface area contributed by atoms with Crippen molar-refractivity contribution < 1.29 is 30.3 Å². The fraction of sp³-hybridized carbons (Fsp3) is 0.263. The molecular weight excluding hydrogens is 784 g/mol. The first kappa shape index (κ1) is 32.3. The molecule has 6 aromatic rings. The van der Waals surface area contributed by atoms with Gasteiger partial charge in [0, 0.05) is 26.9 Å². The Morgan fingerprint density at radius 3 is 2.27 bits per heavy atom. The summed E-state index contributed by atoms with van der Waals surface area (Å²) >= 11 is -1.86. The zero-order chi connectivity index (χ0) is 31.6. The predicted molar refractivity (Wildman–Crippen MR) is 180 cm³/mol. The Labute approximate surface area is 278 Å². The van der Waals surface area contributed by atoms with Gasteiger partial charge in [0.25, 0.3) is 0 Å². The molecule has 3 aromatic heterocycles. The summed E-state index contributed by atoms with van der Waals surface area (Å²) in [5, 5.41) is 1.99. The Morgan fingerprint density at radius 2 is 1.59 bits per heavy atom. The third kappa shape index (κ3) is 7.57. The Hall–Kier alpha value is -3.12. The molecule has 0 bridgehead atoms. The van der Waals surface area contributed by atoms with E-state index < -0.39 is 25.0 Å². The number of furan rings is 1. The van der Waals surface area contributed by atoms with Crippen LogP contribution in [-0.2, 0) is 26.5 Å². The molecule has 3 nitrogen and oxygen atoms in total. The van der Waals surface area contributed by atoms with Crippen LogP contribution >= 0.6 is 0 Å². The average Bonchev–Trinajstić information content (AvgIpc) is 3.36. The topological polar surface area (TPSA) is 38.9 Å². The van der Waals surface area contributed by atoms with E-state index >= 15 is 0 Å². The summed E-state index contributed by atoms with van der Waals surface area (Å²) in [6, 6.07) is 30.0. The average molecular weight is 825 g/mol. The molecular formula is C38H39FGeIrN2O-2. The van der Waals surface area contributed by atoms with Gasteiger partial charge in [-0.05, 0) is 23.2 Å². The van der Waals surface area contributed by atoms with Crippen molar-refractivity contribution in [3.63, 3.8) is 0 Å². The van der Waals surface area contributed by atoms with Crippen molar-refractivity contribution in [2.75, 3.05) is 0 Å². The maximum absolute atomic E-state index is 14.0.